The SMILES string of the molecule is COC(=O)c1ccc2c(c1)C(SCCN1CCN(C(=O)OCc3ccccc3)CC1)c1ccccc1CO2. The van der Waals surface area contributed by atoms with Crippen LogP contribution in [0.1, 0.15) is 37.9 Å². The highest BCUT2D eigenvalue weighted by molar-refractivity contribution is 7.99. The van der Waals surface area contributed by atoms with Crippen LogP contribution in [0.5, 0.6) is 5.75 Å². The van der Waals surface area contributed by atoms with E-state index in [2.05, 4.69) is 23.1 Å². The molecule has 5 rings (SSSR count). The number of ether oxygens (including phenoxy) is 3. The Hall–Kier alpha value is -3.49. The second kappa shape index (κ2) is 12.4. The minimum absolute atomic E-state index is 0.0440. The van der Waals surface area contributed by atoms with Crippen LogP contribution in [0.4, 0.5) is 4.79 Å². The van der Waals surface area contributed by atoms with Gasteiger partial charge in [0, 0.05) is 44.0 Å². The van der Waals surface area contributed by atoms with Crippen molar-refractivity contribution in [3.05, 3.63) is 101 Å². The third kappa shape index (κ3) is 6.14. The molecule has 0 saturated carbocycles. The second-order valence-electron chi connectivity index (χ2n) is 9.35. The third-order valence-corrected chi connectivity index (χ3v) is 8.22. The van der Waals surface area contributed by atoms with Crippen LogP contribution in [0.2, 0.25) is 0 Å². The van der Waals surface area contributed by atoms with Crippen LogP contribution in [0.15, 0.2) is 72.8 Å². The molecule has 0 aromatic heterocycles. The number of hydrogen-bond donors (Lipinski definition) is 0. The molecule has 7 nitrogen and oxygen atoms in total. The topological polar surface area (TPSA) is 68.3 Å². The van der Waals surface area contributed by atoms with E-state index in [1.807, 2.05) is 60.3 Å². The van der Waals surface area contributed by atoms with Crippen molar-refractivity contribution < 1.29 is 23.8 Å². The monoisotopic (exact) mass is 532 g/mol. The van der Waals surface area contributed by atoms with E-state index in [4.69, 9.17) is 14.2 Å². The van der Waals surface area contributed by atoms with Crippen molar-refractivity contribution in [2.24, 2.45) is 0 Å². The number of benzene rings is 3. The molecule has 0 bridgehead atoms. The maximum atomic E-state index is 12.5. The molecule has 1 fully saturated rings. The van der Waals surface area contributed by atoms with Crippen molar-refractivity contribution in [1.82, 2.24) is 9.80 Å². The van der Waals surface area contributed by atoms with E-state index in [-0.39, 0.29) is 17.3 Å². The summed E-state index contributed by atoms with van der Waals surface area (Å²) in [5.41, 5.74) is 4.87. The van der Waals surface area contributed by atoms with Crippen LogP contribution in [0.25, 0.3) is 0 Å². The quantitative estimate of drug-likeness (QED) is 0.390. The number of piperazine rings is 1. The summed E-state index contributed by atoms with van der Waals surface area (Å²) in [6, 6.07) is 23.6. The summed E-state index contributed by atoms with van der Waals surface area (Å²) < 4.78 is 16.6. The van der Waals surface area contributed by atoms with E-state index in [9.17, 15) is 9.59 Å². The van der Waals surface area contributed by atoms with E-state index in [1.165, 1.54) is 12.7 Å². The van der Waals surface area contributed by atoms with Gasteiger partial charge in [-0.05, 0) is 34.9 Å². The Bertz CT molecular complexity index is 1260. The smallest absolute Gasteiger partial charge is 0.410 e. The van der Waals surface area contributed by atoms with Gasteiger partial charge in [0.15, 0.2) is 0 Å². The minimum atomic E-state index is -0.353. The molecule has 2 aliphatic heterocycles. The number of thioether (sulfide) groups is 1. The lowest BCUT2D eigenvalue weighted by Crippen LogP contribution is -2.49. The number of carbonyl (C=O) groups is 2. The lowest BCUT2D eigenvalue weighted by Gasteiger charge is -2.34. The standard InChI is InChI=1S/C30H32N2O5S/c1-35-29(33)23-11-12-27-26(19-23)28(25-10-6-5-9-24(25)21-36-27)38-18-17-31-13-15-32(16-14-31)30(34)37-20-22-7-3-2-4-8-22/h2-12,19,28H,13-18,20-21H2,1H3. The fraction of sp³-hybridized carbons (Fsp3) is 0.333. The van der Waals surface area contributed by atoms with Gasteiger partial charge in [-0.2, -0.15) is 0 Å². The number of hydrogen-bond acceptors (Lipinski definition) is 7. The average molecular weight is 533 g/mol. The molecular weight excluding hydrogens is 500 g/mol. The number of amides is 1. The van der Waals surface area contributed by atoms with E-state index < -0.39 is 0 Å². The summed E-state index contributed by atoms with van der Waals surface area (Å²) >= 11 is 1.85. The molecule has 2 aliphatic rings. The Labute approximate surface area is 227 Å². The predicted octanol–water partition coefficient (Wildman–Crippen LogP) is 5.14. The number of fused-ring (bicyclic) bond motifs is 2. The number of carbonyl (C=O) groups excluding carboxylic acids is 2. The Morgan fingerprint density at radius 2 is 1.71 bits per heavy atom. The maximum Gasteiger partial charge on any atom is 0.410 e. The highest BCUT2D eigenvalue weighted by Gasteiger charge is 2.27. The fourth-order valence-corrected chi connectivity index (χ4v) is 6.19. The summed E-state index contributed by atoms with van der Waals surface area (Å²) in [5.74, 6) is 1.35. The van der Waals surface area contributed by atoms with E-state index >= 15 is 0 Å². The number of methoxy groups -OCH3 is 1. The van der Waals surface area contributed by atoms with Crippen molar-refractivity contribution in [1.29, 1.82) is 0 Å². The summed E-state index contributed by atoms with van der Waals surface area (Å²) in [6.07, 6.45) is -0.254. The Morgan fingerprint density at radius 3 is 2.50 bits per heavy atom. The first-order valence-electron chi connectivity index (χ1n) is 12.8. The number of nitrogens with zero attached hydrogens (tertiary/aromatic N) is 2. The molecule has 3 aromatic rings. The van der Waals surface area contributed by atoms with Gasteiger partial charge in [0.25, 0.3) is 0 Å². The molecule has 3 aromatic carbocycles. The van der Waals surface area contributed by atoms with Gasteiger partial charge in [0.05, 0.1) is 17.9 Å². The van der Waals surface area contributed by atoms with Gasteiger partial charge in [-0.25, -0.2) is 9.59 Å². The van der Waals surface area contributed by atoms with Gasteiger partial charge in [0.2, 0.25) is 0 Å². The molecule has 1 unspecified atom stereocenters. The molecule has 0 N–H and O–H groups in total. The number of esters is 1. The van der Waals surface area contributed by atoms with Gasteiger partial charge in [0.1, 0.15) is 19.0 Å². The van der Waals surface area contributed by atoms with Crippen molar-refractivity contribution in [2.45, 2.75) is 18.5 Å². The van der Waals surface area contributed by atoms with E-state index in [0.29, 0.717) is 31.9 Å². The van der Waals surface area contributed by atoms with Crippen molar-refractivity contribution in [3.63, 3.8) is 0 Å². The van der Waals surface area contributed by atoms with Crippen molar-refractivity contribution >= 4 is 23.8 Å². The lowest BCUT2D eigenvalue weighted by molar-refractivity contribution is 0.0600. The van der Waals surface area contributed by atoms with Crippen LogP contribution >= 0.6 is 11.8 Å². The molecular formula is C30H32N2O5S. The fourth-order valence-electron chi connectivity index (χ4n) is 4.82. The van der Waals surface area contributed by atoms with Gasteiger partial charge < -0.3 is 19.1 Å². The Balaban J connectivity index is 1.18. The van der Waals surface area contributed by atoms with Gasteiger partial charge >= 0.3 is 12.1 Å². The van der Waals surface area contributed by atoms with Crippen LogP contribution in [-0.2, 0) is 22.7 Å². The molecule has 1 atom stereocenters. The van der Waals surface area contributed by atoms with Crippen LogP contribution in [-0.4, -0.2) is 67.4 Å². The van der Waals surface area contributed by atoms with Gasteiger partial charge in [-0.3, -0.25) is 4.90 Å². The van der Waals surface area contributed by atoms with E-state index in [0.717, 1.165) is 47.8 Å². The summed E-state index contributed by atoms with van der Waals surface area (Å²) in [5, 5.41) is 0.0440. The molecule has 8 heteroatoms. The second-order valence-corrected chi connectivity index (χ2v) is 10.6. The van der Waals surface area contributed by atoms with E-state index in [1.54, 1.807) is 11.0 Å². The average Bonchev–Trinajstić information content (AvgIpc) is 3.13. The summed E-state index contributed by atoms with van der Waals surface area (Å²) in [4.78, 5) is 28.9. The maximum absolute atomic E-state index is 12.5. The highest BCUT2D eigenvalue weighted by Crippen LogP contribution is 2.44. The molecule has 198 valence electrons. The van der Waals surface area contributed by atoms with Crippen molar-refractivity contribution in [3.8, 4) is 5.75 Å². The Morgan fingerprint density at radius 1 is 0.947 bits per heavy atom. The number of rotatable bonds is 7. The predicted molar refractivity (Wildman–Crippen MR) is 147 cm³/mol. The summed E-state index contributed by atoms with van der Waals surface area (Å²) in [7, 11) is 1.40. The van der Waals surface area contributed by atoms with Crippen LogP contribution in [0, 0.1) is 0 Å². The molecule has 0 spiro atoms. The normalized spacial score (nSPS) is 17.0. The zero-order chi connectivity index (χ0) is 26.3. The van der Waals surface area contributed by atoms with Gasteiger partial charge in [-0.1, -0.05) is 54.6 Å². The molecule has 2 heterocycles. The first-order chi connectivity index (χ1) is 18.6. The lowest BCUT2D eigenvalue weighted by atomic mass is 9.98. The van der Waals surface area contributed by atoms with Gasteiger partial charge in [-0.15, -0.1) is 11.8 Å². The minimum Gasteiger partial charge on any atom is -0.489 e. The Kier molecular flexibility index (Phi) is 8.51. The molecule has 1 saturated heterocycles. The molecule has 0 radical (unpaired) electrons. The summed E-state index contributed by atoms with van der Waals surface area (Å²) in [6.45, 7) is 4.64. The van der Waals surface area contributed by atoms with Crippen molar-refractivity contribution in [2.75, 3.05) is 45.6 Å². The largest absolute Gasteiger partial charge is 0.489 e. The highest BCUT2D eigenvalue weighted by atomic mass is 32.2. The third-order valence-electron chi connectivity index (χ3n) is 6.96. The van der Waals surface area contributed by atoms with Crippen LogP contribution in [0.3, 0.4) is 0 Å². The zero-order valence-corrected chi connectivity index (χ0v) is 22.3. The molecule has 1 amide bonds. The molecule has 38 heavy (non-hydrogen) atoms. The van der Waals surface area contributed by atoms with Crippen LogP contribution < -0.4 is 4.74 Å². The zero-order valence-electron chi connectivity index (χ0n) is 21.5. The first-order valence-corrected chi connectivity index (χ1v) is 13.9. The molecule has 0 aliphatic carbocycles. The first kappa shape index (κ1) is 26.1.